The van der Waals surface area contributed by atoms with E-state index in [0.29, 0.717) is 24.5 Å². The van der Waals surface area contributed by atoms with Gasteiger partial charge in [0.2, 0.25) is 18.6 Å². The van der Waals surface area contributed by atoms with Gasteiger partial charge >= 0.3 is 0 Å². The third-order valence-corrected chi connectivity index (χ3v) is 7.15. The average Bonchev–Trinajstić information content (AvgIpc) is 3.50. The summed E-state index contributed by atoms with van der Waals surface area (Å²) in [5.41, 5.74) is 4.80. The van der Waals surface area contributed by atoms with Crippen LogP contribution in [0.4, 0.5) is 0 Å². The number of hydrogen-bond donors (Lipinski definition) is 1. The number of nitrogens with one attached hydrogen (secondary N) is 1. The molecule has 1 N–H and O–H groups in total. The molecular formula is C27H22N4O4. The average molecular weight is 466 g/mol. The van der Waals surface area contributed by atoms with Gasteiger partial charge in [0, 0.05) is 42.0 Å². The molecule has 0 unspecified atom stereocenters. The minimum Gasteiger partial charge on any atom is -0.454 e. The topological polar surface area (TPSA) is 87.8 Å². The van der Waals surface area contributed by atoms with E-state index in [0.717, 1.165) is 33.3 Å². The number of pyridine rings is 1. The Morgan fingerprint density at radius 3 is 2.80 bits per heavy atom. The maximum Gasteiger partial charge on any atom is 0.246 e. The van der Waals surface area contributed by atoms with E-state index in [4.69, 9.17) is 9.47 Å². The monoisotopic (exact) mass is 466 g/mol. The van der Waals surface area contributed by atoms with E-state index in [1.807, 2.05) is 48.5 Å². The Morgan fingerprint density at radius 2 is 1.91 bits per heavy atom. The maximum atomic E-state index is 13.8. The van der Waals surface area contributed by atoms with Crippen LogP contribution in [0.2, 0.25) is 0 Å². The van der Waals surface area contributed by atoms with Gasteiger partial charge in [-0.05, 0) is 41.0 Å². The molecule has 2 amide bonds. The first kappa shape index (κ1) is 20.1. The first-order chi connectivity index (χ1) is 17.2. The summed E-state index contributed by atoms with van der Waals surface area (Å²) in [4.78, 5) is 38.6. The number of carbonyl (C=O) groups excluding carboxylic acids is 2. The first-order valence-electron chi connectivity index (χ1n) is 11.7. The number of fused-ring (bicyclic) bond motifs is 5. The second kappa shape index (κ2) is 7.59. The number of aromatic amines is 1. The fourth-order valence-electron chi connectivity index (χ4n) is 5.60. The molecule has 3 aliphatic heterocycles. The van der Waals surface area contributed by atoms with E-state index in [-0.39, 0.29) is 25.2 Å². The molecular weight excluding hydrogens is 444 g/mol. The second-order valence-corrected chi connectivity index (χ2v) is 9.15. The molecule has 3 aliphatic rings. The number of nitrogens with zero attached hydrogens (tertiary/aromatic N) is 3. The quantitative estimate of drug-likeness (QED) is 0.501. The van der Waals surface area contributed by atoms with E-state index in [9.17, 15) is 9.59 Å². The number of H-pyrrole nitrogens is 1. The second-order valence-electron chi connectivity index (χ2n) is 9.15. The number of aromatic nitrogens is 2. The van der Waals surface area contributed by atoms with Crippen molar-refractivity contribution in [1.29, 1.82) is 0 Å². The van der Waals surface area contributed by atoms with Crippen LogP contribution in [0, 0.1) is 0 Å². The molecule has 0 bridgehead atoms. The van der Waals surface area contributed by atoms with Crippen molar-refractivity contribution in [3.8, 4) is 11.5 Å². The summed E-state index contributed by atoms with van der Waals surface area (Å²) in [6.45, 7) is 0.563. The summed E-state index contributed by atoms with van der Waals surface area (Å²) in [5, 5.41) is 1.08. The number of benzene rings is 2. The van der Waals surface area contributed by atoms with Gasteiger partial charge in [-0.3, -0.25) is 14.6 Å². The smallest absolute Gasteiger partial charge is 0.246 e. The van der Waals surface area contributed by atoms with Gasteiger partial charge < -0.3 is 24.3 Å². The van der Waals surface area contributed by atoms with Crippen LogP contribution < -0.4 is 9.47 Å². The summed E-state index contributed by atoms with van der Waals surface area (Å²) < 4.78 is 11.1. The Kier molecular flexibility index (Phi) is 4.36. The van der Waals surface area contributed by atoms with Crippen LogP contribution in [0.15, 0.2) is 67.0 Å². The van der Waals surface area contributed by atoms with E-state index in [1.165, 1.54) is 0 Å². The van der Waals surface area contributed by atoms with Crippen LogP contribution >= 0.6 is 0 Å². The zero-order chi connectivity index (χ0) is 23.5. The highest BCUT2D eigenvalue weighted by Gasteiger charge is 2.48. The molecule has 1 saturated heterocycles. The van der Waals surface area contributed by atoms with Gasteiger partial charge in [-0.1, -0.05) is 30.3 Å². The normalized spacial score (nSPS) is 20.8. The highest BCUT2D eigenvalue weighted by molar-refractivity contribution is 5.97. The lowest BCUT2D eigenvalue weighted by molar-refractivity contribution is -0.159. The van der Waals surface area contributed by atoms with Crippen molar-refractivity contribution in [2.75, 3.05) is 13.3 Å². The third kappa shape index (κ3) is 3.10. The van der Waals surface area contributed by atoms with Crippen LogP contribution in [0.25, 0.3) is 10.9 Å². The number of piperazine rings is 1. The molecule has 2 aromatic carbocycles. The number of ether oxygens (including phenoxy) is 2. The van der Waals surface area contributed by atoms with Gasteiger partial charge in [0.05, 0.1) is 6.04 Å². The molecule has 7 rings (SSSR count). The molecule has 2 aromatic heterocycles. The van der Waals surface area contributed by atoms with E-state index < -0.39 is 12.1 Å². The molecule has 0 radical (unpaired) electrons. The Hall–Kier alpha value is -4.33. The fourth-order valence-corrected chi connectivity index (χ4v) is 5.60. The van der Waals surface area contributed by atoms with Crippen molar-refractivity contribution in [2.45, 2.75) is 25.0 Å². The minimum atomic E-state index is -0.588. The summed E-state index contributed by atoms with van der Waals surface area (Å²) in [6.07, 6.45) is 3.90. The minimum absolute atomic E-state index is 0.0286. The Balaban J connectivity index is 1.35. The number of carbonyl (C=O) groups is 2. The molecule has 174 valence electrons. The van der Waals surface area contributed by atoms with Gasteiger partial charge in [-0.2, -0.15) is 0 Å². The standard InChI is InChI=1S/C27H22N4O4/c32-24-14-30(13-16-4-3-9-28-12-16)27(33)21-11-19-18-5-1-2-6-20(18)29-25(19)26(31(21)24)17-7-8-22-23(10-17)35-15-34-22/h1-10,12,21,26,29H,11,13-15H2/t21-,26+/m1/s1. The summed E-state index contributed by atoms with van der Waals surface area (Å²) in [7, 11) is 0. The lowest BCUT2D eigenvalue weighted by Gasteiger charge is -2.47. The molecule has 8 heteroatoms. The zero-order valence-corrected chi connectivity index (χ0v) is 18.8. The van der Waals surface area contributed by atoms with Crippen molar-refractivity contribution in [1.82, 2.24) is 19.8 Å². The molecule has 5 heterocycles. The molecule has 1 fully saturated rings. The van der Waals surface area contributed by atoms with Crippen LogP contribution in [0.5, 0.6) is 11.5 Å². The SMILES string of the molecule is O=C1[C@H]2Cc3c([nH]c4ccccc34)[C@H](c3ccc4c(c3)OCO4)N2C(=O)CN1Cc1cccnc1. The predicted molar refractivity (Wildman–Crippen MR) is 127 cm³/mol. The van der Waals surface area contributed by atoms with Crippen molar-refractivity contribution in [3.05, 3.63) is 89.4 Å². The highest BCUT2D eigenvalue weighted by Crippen LogP contribution is 2.45. The zero-order valence-electron chi connectivity index (χ0n) is 18.8. The summed E-state index contributed by atoms with van der Waals surface area (Å²) >= 11 is 0. The molecule has 8 nitrogen and oxygen atoms in total. The van der Waals surface area contributed by atoms with Gasteiger partial charge in [0.15, 0.2) is 11.5 Å². The third-order valence-electron chi connectivity index (χ3n) is 7.15. The van der Waals surface area contributed by atoms with Crippen molar-refractivity contribution >= 4 is 22.7 Å². The Bertz CT molecular complexity index is 1480. The van der Waals surface area contributed by atoms with Crippen LogP contribution in [-0.4, -0.2) is 51.0 Å². The van der Waals surface area contributed by atoms with Crippen molar-refractivity contribution in [3.63, 3.8) is 0 Å². The van der Waals surface area contributed by atoms with E-state index in [2.05, 4.69) is 16.0 Å². The molecule has 0 aliphatic carbocycles. The van der Waals surface area contributed by atoms with Crippen LogP contribution in [0.3, 0.4) is 0 Å². The predicted octanol–water partition coefficient (Wildman–Crippen LogP) is 3.18. The summed E-state index contributed by atoms with van der Waals surface area (Å²) in [6, 6.07) is 16.6. The summed E-state index contributed by atoms with van der Waals surface area (Å²) in [5.74, 6) is 1.21. The van der Waals surface area contributed by atoms with Crippen LogP contribution in [-0.2, 0) is 22.6 Å². The molecule has 4 aromatic rings. The lowest BCUT2D eigenvalue weighted by Crippen LogP contribution is -2.62. The molecule has 35 heavy (non-hydrogen) atoms. The number of rotatable bonds is 3. The number of hydrogen-bond acceptors (Lipinski definition) is 5. The molecule has 0 saturated carbocycles. The van der Waals surface area contributed by atoms with Gasteiger partial charge in [-0.25, -0.2) is 0 Å². The number of amides is 2. The Morgan fingerprint density at radius 1 is 1.03 bits per heavy atom. The van der Waals surface area contributed by atoms with Crippen LogP contribution in [0.1, 0.15) is 28.4 Å². The first-order valence-corrected chi connectivity index (χ1v) is 11.7. The highest BCUT2D eigenvalue weighted by atomic mass is 16.7. The van der Waals surface area contributed by atoms with Crippen molar-refractivity contribution < 1.29 is 19.1 Å². The number of para-hydroxylation sites is 1. The van der Waals surface area contributed by atoms with Gasteiger partial charge in [0.25, 0.3) is 0 Å². The van der Waals surface area contributed by atoms with Crippen molar-refractivity contribution in [2.24, 2.45) is 0 Å². The Labute approximate surface area is 201 Å². The van der Waals surface area contributed by atoms with Gasteiger partial charge in [0.1, 0.15) is 12.6 Å². The van der Waals surface area contributed by atoms with Gasteiger partial charge in [-0.15, -0.1) is 0 Å². The molecule has 2 atom stereocenters. The lowest BCUT2D eigenvalue weighted by atomic mass is 9.86. The maximum absolute atomic E-state index is 13.8. The largest absolute Gasteiger partial charge is 0.454 e. The van der Waals surface area contributed by atoms with E-state index in [1.54, 1.807) is 22.2 Å². The molecule has 0 spiro atoms. The fraction of sp³-hybridized carbons (Fsp3) is 0.222. The van der Waals surface area contributed by atoms with E-state index >= 15 is 0 Å².